The van der Waals surface area contributed by atoms with Crippen molar-refractivity contribution in [1.29, 1.82) is 0 Å². The number of rotatable bonds is 6. The summed E-state index contributed by atoms with van der Waals surface area (Å²) in [5, 5.41) is 16.8. The van der Waals surface area contributed by atoms with Crippen molar-refractivity contribution in [2.45, 2.75) is 37.9 Å². The molecule has 5 N–H and O–H groups in total. The van der Waals surface area contributed by atoms with E-state index in [4.69, 9.17) is 15.6 Å². The van der Waals surface area contributed by atoms with Gasteiger partial charge in [-0.25, -0.2) is 32.3 Å². The molecule has 0 radical (unpaired) electrons. The molecule has 1 aromatic heterocycles. The van der Waals surface area contributed by atoms with Gasteiger partial charge in [-0.2, -0.15) is 13.2 Å². The molecule has 3 aromatic rings. The van der Waals surface area contributed by atoms with Crippen LogP contribution < -0.4 is 10.5 Å². The molecule has 1 atom stereocenters. The molecular weight excluding hydrogens is 532 g/mol. The highest BCUT2D eigenvalue weighted by Crippen LogP contribution is 2.32. The van der Waals surface area contributed by atoms with E-state index in [0.29, 0.717) is 16.7 Å². The molecule has 0 aliphatic rings. The zero-order chi connectivity index (χ0) is 28.9. The average Bonchev–Trinajstić information content (AvgIpc) is 2.82. The Labute approximate surface area is 216 Å². The molecule has 9 nitrogen and oxygen atoms in total. The molecule has 38 heavy (non-hydrogen) atoms. The van der Waals surface area contributed by atoms with E-state index in [0.717, 1.165) is 0 Å². The number of benzene rings is 2. The predicted molar refractivity (Wildman–Crippen MR) is 132 cm³/mol. The molecule has 0 spiro atoms. The standard InChI is InChI=1S/C22H25FN4O3S.C2HF3O2/c1-22(2,3)20(13-28)27-31(29,30)19-7-5-4-6-17(19)14-8-9-16(18(23)10-14)15-11-25-21(24)26-12-15;3-2(4,5)1(6)7/h4-12,20,27-28H,13H2,1-3H3,(H2,24,25,26);(H,6,7)/t20-;/m1./s1. The number of aromatic nitrogens is 2. The molecule has 2 aromatic carbocycles. The summed E-state index contributed by atoms with van der Waals surface area (Å²) in [7, 11) is -3.98. The number of aliphatic hydroxyl groups excluding tert-OH is 1. The minimum absolute atomic E-state index is 0.000619. The molecule has 0 aliphatic carbocycles. The van der Waals surface area contributed by atoms with Gasteiger partial charge >= 0.3 is 12.1 Å². The van der Waals surface area contributed by atoms with E-state index in [1.54, 1.807) is 30.3 Å². The Bertz CT molecular complexity index is 1380. The Morgan fingerprint density at radius 3 is 2.05 bits per heavy atom. The second-order valence-electron chi connectivity index (χ2n) is 9.05. The highest BCUT2D eigenvalue weighted by Gasteiger charge is 2.38. The molecule has 0 saturated carbocycles. The number of hydrogen-bond acceptors (Lipinski definition) is 7. The van der Waals surface area contributed by atoms with Crippen LogP contribution >= 0.6 is 0 Å². The number of aliphatic hydroxyl groups is 1. The summed E-state index contributed by atoms with van der Waals surface area (Å²) in [6, 6.07) is 10.1. The third-order valence-corrected chi connectivity index (χ3v) is 6.74. The van der Waals surface area contributed by atoms with E-state index in [2.05, 4.69) is 14.7 Å². The van der Waals surface area contributed by atoms with Crippen molar-refractivity contribution in [2.75, 3.05) is 12.3 Å². The van der Waals surface area contributed by atoms with Crippen molar-refractivity contribution in [1.82, 2.24) is 14.7 Å². The van der Waals surface area contributed by atoms with Gasteiger partial charge in [0.15, 0.2) is 0 Å². The van der Waals surface area contributed by atoms with E-state index in [1.165, 1.54) is 24.5 Å². The number of alkyl halides is 3. The number of carboxylic acids is 1. The zero-order valence-electron chi connectivity index (χ0n) is 20.5. The van der Waals surface area contributed by atoms with Gasteiger partial charge in [0.05, 0.1) is 11.5 Å². The van der Waals surface area contributed by atoms with Gasteiger partial charge in [-0.1, -0.05) is 51.1 Å². The lowest BCUT2D eigenvalue weighted by Gasteiger charge is -2.29. The number of halogens is 4. The van der Waals surface area contributed by atoms with Crippen molar-refractivity contribution >= 4 is 21.9 Å². The quantitative estimate of drug-likeness (QED) is 0.333. The first kappa shape index (κ1) is 30.6. The second-order valence-corrected chi connectivity index (χ2v) is 10.7. The molecule has 1 heterocycles. The van der Waals surface area contributed by atoms with Crippen LogP contribution in [0.4, 0.5) is 23.5 Å². The summed E-state index contributed by atoms with van der Waals surface area (Å²) in [6.07, 6.45) is -2.24. The lowest BCUT2D eigenvalue weighted by atomic mass is 9.88. The monoisotopic (exact) mass is 558 g/mol. The smallest absolute Gasteiger partial charge is 0.475 e. The molecule has 0 unspecified atom stereocenters. The van der Waals surface area contributed by atoms with Crippen LogP contribution in [0.25, 0.3) is 22.3 Å². The lowest BCUT2D eigenvalue weighted by molar-refractivity contribution is -0.192. The van der Waals surface area contributed by atoms with Crippen LogP contribution in [0.5, 0.6) is 0 Å². The van der Waals surface area contributed by atoms with E-state index in [1.807, 2.05) is 20.8 Å². The summed E-state index contributed by atoms with van der Waals surface area (Å²) < 4.78 is 75.4. The Morgan fingerprint density at radius 2 is 1.58 bits per heavy atom. The Balaban J connectivity index is 0.000000638. The third-order valence-electron chi connectivity index (χ3n) is 5.21. The molecule has 0 aliphatic heterocycles. The van der Waals surface area contributed by atoms with Crippen molar-refractivity contribution in [3.63, 3.8) is 0 Å². The van der Waals surface area contributed by atoms with Gasteiger partial charge < -0.3 is 15.9 Å². The molecule has 0 bridgehead atoms. The van der Waals surface area contributed by atoms with Crippen LogP contribution in [0.15, 0.2) is 59.8 Å². The number of carboxylic acid groups (broad SMARTS) is 1. The van der Waals surface area contributed by atoms with Gasteiger partial charge in [0.2, 0.25) is 16.0 Å². The van der Waals surface area contributed by atoms with Crippen molar-refractivity contribution in [3.8, 4) is 22.3 Å². The van der Waals surface area contributed by atoms with Crippen LogP contribution in [0.3, 0.4) is 0 Å². The van der Waals surface area contributed by atoms with Gasteiger partial charge in [0.25, 0.3) is 0 Å². The first-order valence-corrected chi connectivity index (χ1v) is 12.4. The number of sulfonamides is 1. The molecule has 3 rings (SSSR count). The van der Waals surface area contributed by atoms with E-state index < -0.39 is 39.4 Å². The SMILES string of the molecule is CC(C)(C)[C@@H](CO)NS(=O)(=O)c1ccccc1-c1ccc(-c2cnc(N)nc2)c(F)c1.O=C(O)C(F)(F)F. The number of carbonyl (C=O) groups is 1. The van der Waals surface area contributed by atoms with Crippen LogP contribution in [0.1, 0.15) is 20.8 Å². The Kier molecular flexibility index (Phi) is 9.53. The number of hydrogen-bond donors (Lipinski definition) is 4. The summed E-state index contributed by atoms with van der Waals surface area (Å²) >= 11 is 0. The van der Waals surface area contributed by atoms with Crippen molar-refractivity contribution < 1.29 is 41.0 Å². The highest BCUT2D eigenvalue weighted by atomic mass is 32.2. The first-order valence-electron chi connectivity index (χ1n) is 10.9. The number of nitrogen functional groups attached to an aromatic ring is 1. The molecular formula is C24H26F4N4O5S. The van der Waals surface area contributed by atoms with Crippen molar-refractivity contribution in [2.24, 2.45) is 5.41 Å². The number of nitrogens with two attached hydrogens (primary N) is 1. The van der Waals surface area contributed by atoms with Crippen LogP contribution in [-0.2, 0) is 14.8 Å². The van der Waals surface area contributed by atoms with Crippen molar-refractivity contribution in [3.05, 3.63) is 60.7 Å². The molecule has 0 fully saturated rings. The third kappa shape index (κ3) is 7.94. The van der Waals surface area contributed by atoms with Crippen LogP contribution in [0.2, 0.25) is 0 Å². The normalized spacial score (nSPS) is 12.8. The summed E-state index contributed by atoms with van der Waals surface area (Å²) in [6.45, 7) is 5.14. The second kappa shape index (κ2) is 11.8. The highest BCUT2D eigenvalue weighted by molar-refractivity contribution is 7.89. The first-order chi connectivity index (χ1) is 17.5. The topological polar surface area (TPSA) is 156 Å². The van der Waals surface area contributed by atoms with E-state index in [9.17, 15) is 31.1 Å². The predicted octanol–water partition coefficient (Wildman–Crippen LogP) is 3.85. The maximum absolute atomic E-state index is 14.9. The lowest BCUT2D eigenvalue weighted by Crippen LogP contribution is -2.46. The molecule has 0 saturated heterocycles. The van der Waals surface area contributed by atoms with Crippen LogP contribution in [-0.4, -0.2) is 53.4 Å². The number of nitrogens with zero attached hydrogens (tertiary/aromatic N) is 2. The van der Waals surface area contributed by atoms with Gasteiger partial charge in [-0.15, -0.1) is 0 Å². The average molecular weight is 559 g/mol. The van der Waals surface area contributed by atoms with Gasteiger partial charge in [-0.05, 0) is 23.1 Å². The van der Waals surface area contributed by atoms with Crippen LogP contribution in [0, 0.1) is 11.2 Å². The van der Waals surface area contributed by atoms with Gasteiger partial charge in [-0.3, -0.25) is 0 Å². The van der Waals surface area contributed by atoms with Gasteiger partial charge in [0.1, 0.15) is 5.82 Å². The minimum atomic E-state index is -5.08. The molecule has 14 heteroatoms. The number of nitrogens with one attached hydrogen (secondary N) is 1. The Morgan fingerprint density at radius 1 is 1.03 bits per heavy atom. The summed E-state index contributed by atoms with van der Waals surface area (Å²) in [5.74, 6) is -3.22. The molecule has 206 valence electrons. The summed E-state index contributed by atoms with van der Waals surface area (Å²) in [4.78, 5) is 16.6. The maximum Gasteiger partial charge on any atom is 0.490 e. The zero-order valence-corrected chi connectivity index (χ0v) is 21.3. The fourth-order valence-electron chi connectivity index (χ4n) is 3.07. The largest absolute Gasteiger partial charge is 0.490 e. The van der Waals surface area contributed by atoms with Gasteiger partial charge in [0, 0.05) is 35.1 Å². The number of aliphatic carboxylic acids is 1. The molecule has 0 amide bonds. The summed E-state index contributed by atoms with van der Waals surface area (Å²) in [5.41, 5.74) is 6.46. The Hall–Kier alpha value is -3.62. The minimum Gasteiger partial charge on any atom is -0.475 e. The van der Waals surface area contributed by atoms with E-state index >= 15 is 0 Å². The number of anilines is 1. The fourth-order valence-corrected chi connectivity index (χ4v) is 4.73. The fraction of sp³-hybridized carbons (Fsp3) is 0.292. The van der Waals surface area contributed by atoms with E-state index in [-0.39, 0.29) is 23.0 Å². The maximum atomic E-state index is 14.9.